The van der Waals surface area contributed by atoms with Crippen LogP contribution in [0.3, 0.4) is 0 Å². The SMILES string of the molecule is CCCCCCCCS(=O)(=O)Nc1cc(-c2ccc(O)cc2)ccc1C(=O)O. The number of sulfonamides is 1. The van der Waals surface area contributed by atoms with E-state index in [4.69, 9.17) is 0 Å². The van der Waals surface area contributed by atoms with Crippen LogP contribution in [0.1, 0.15) is 55.8 Å². The molecule has 0 amide bonds. The number of hydrogen-bond acceptors (Lipinski definition) is 4. The predicted molar refractivity (Wildman–Crippen MR) is 111 cm³/mol. The second-order valence-corrected chi connectivity index (χ2v) is 8.64. The summed E-state index contributed by atoms with van der Waals surface area (Å²) in [5.74, 6) is -1.12. The molecule has 0 heterocycles. The number of hydrogen-bond donors (Lipinski definition) is 3. The predicted octanol–water partition coefficient (Wildman–Crippen LogP) is 4.86. The Bertz CT molecular complexity index is 892. The molecule has 0 spiro atoms. The molecule has 0 unspecified atom stereocenters. The third-order valence-electron chi connectivity index (χ3n) is 4.48. The largest absolute Gasteiger partial charge is 0.508 e. The third-order valence-corrected chi connectivity index (χ3v) is 5.84. The molecule has 0 aliphatic carbocycles. The lowest BCUT2D eigenvalue weighted by molar-refractivity contribution is 0.0698. The van der Waals surface area contributed by atoms with Gasteiger partial charge in [-0.1, -0.05) is 57.2 Å². The Hall–Kier alpha value is -2.54. The van der Waals surface area contributed by atoms with Crippen molar-refractivity contribution in [1.29, 1.82) is 0 Å². The van der Waals surface area contributed by atoms with Gasteiger partial charge in [-0.25, -0.2) is 13.2 Å². The summed E-state index contributed by atoms with van der Waals surface area (Å²) in [4.78, 5) is 11.5. The first-order valence-electron chi connectivity index (χ1n) is 9.49. The van der Waals surface area contributed by atoms with E-state index < -0.39 is 16.0 Å². The Morgan fingerprint density at radius 3 is 2.18 bits per heavy atom. The van der Waals surface area contributed by atoms with E-state index in [9.17, 15) is 23.4 Å². The molecule has 28 heavy (non-hydrogen) atoms. The van der Waals surface area contributed by atoms with Crippen LogP contribution in [0.2, 0.25) is 0 Å². The minimum atomic E-state index is -3.64. The monoisotopic (exact) mass is 405 g/mol. The van der Waals surface area contributed by atoms with Gasteiger partial charge in [0.2, 0.25) is 10.0 Å². The fourth-order valence-corrected chi connectivity index (χ4v) is 4.13. The minimum Gasteiger partial charge on any atom is -0.508 e. The number of phenols is 1. The highest BCUT2D eigenvalue weighted by atomic mass is 32.2. The summed E-state index contributed by atoms with van der Waals surface area (Å²) in [6.45, 7) is 2.13. The van der Waals surface area contributed by atoms with Gasteiger partial charge < -0.3 is 10.2 Å². The number of carbonyl (C=O) groups is 1. The van der Waals surface area contributed by atoms with E-state index >= 15 is 0 Å². The molecule has 3 N–H and O–H groups in total. The van der Waals surface area contributed by atoms with Gasteiger partial charge in [0.15, 0.2) is 0 Å². The summed E-state index contributed by atoms with van der Waals surface area (Å²) in [7, 11) is -3.64. The zero-order valence-corrected chi connectivity index (χ0v) is 16.8. The maximum atomic E-state index is 12.4. The van der Waals surface area contributed by atoms with Crippen LogP contribution < -0.4 is 4.72 Å². The Morgan fingerprint density at radius 1 is 0.929 bits per heavy atom. The average Bonchev–Trinajstić information content (AvgIpc) is 2.64. The minimum absolute atomic E-state index is 0.0401. The van der Waals surface area contributed by atoms with E-state index in [-0.39, 0.29) is 22.8 Å². The maximum Gasteiger partial charge on any atom is 0.337 e. The molecule has 2 aromatic carbocycles. The van der Waals surface area contributed by atoms with Crippen molar-refractivity contribution in [2.75, 3.05) is 10.5 Å². The zero-order chi connectivity index (χ0) is 20.6. The van der Waals surface area contributed by atoms with Gasteiger partial charge in [0.05, 0.1) is 17.0 Å². The van der Waals surface area contributed by atoms with E-state index in [0.29, 0.717) is 12.0 Å². The van der Waals surface area contributed by atoms with Crippen molar-refractivity contribution < 1.29 is 23.4 Å². The summed E-state index contributed by atoms with van der Waals surface area (Å²) >= 11 is 0. The van der Waals surface area contributed by atoms with Gasteiger partial charge in [0.1, 0.15) is 5.75 Å². The van der Waals surface area contributed by atoms with E-state index in [1.54, 1.807) is 18.2 Å². The Morgan fingerprint density at radius 2 is 1.54 bits per heavy atom. The number of anilines is 1. The normalized spacial score (nSPS) is 11.3. The van der Waals surface area contributed by atoms with Gasteiger partial charge in [-0.05, 0) is 41.8 Å². The summed E-state index contributed by atoms with van der Waals surface area (Å²) < 4.78 is 27.3. The van der Waals surface area contributed by atoms with Crippen molar-refractivity contribution in [3.05, 3.63) is 48.0 Å². The molecule has 0 aromatic heterocycles. The van der Waals surface area contributed by atoms with Crippen molar-refractivity contribution in [3.8, 4) is 16.9 Å². The molecule has 0 radical (unpaired) electrons. The van der Waals surface area contributed by atoms with Gasteiger partial charge in [0, 0.05) is 0 Å². The summed E-state index contributed by atoms with van der Waals surface area (Å²) in [5, 5.41) is 18.8. The maximum absolute atomic E-state index is 12.4. The average molecular weight is 406 g/mol. The van der Waals surface area contributed by atoms with Gasteiger partial charge in [-0.3, -0.25) is 4.72 Å². The van der Waals surface area contributed by atoms with Crippen molar-refractivity contribution >= 4 is 21.7 Å². The Kier molecular flexibility index (Phi) is 7.87. The highest BCUT2D eigenvalue weighted by Crippen LogP contribution is 2.28. The first-order chi connectivity index (χ1) is 13.3. The van der Waals surface area contributed by atoms with Crippen LogP contribution in [0.4, 0.5) is 5.69 Å². The first kappa shape index (κ1) is 21.8. The molecule has 152 valence electrons. The molecular formula is C21H27NO5S. The Labute approximate surface area is 166 Å². The standard InChI is InChI=1S/C21H27NO5S/c1-2-3-4-5-6-7-14-28(26,27)22-20-15-17(10-13-19(20)21(24)25)16-8-11-18(23)12-9-16/h8-13,15,22-23H,2-7,14H2,1H3,(H,24,25). The molecule has 2 rings (SSSR count). The topological polar surface area (TPSA) is 104 Å². The molecule has 2 aromatic rings. The lowest BCUT2D eigenvalue weighted by Gasteiger charge is -2.13. The second-order valence-electron chi connectivity index (χ2n) is 6.80. The fourth-order valence-electron chi connectivity index (χ4n) is 2.94. The number of aromatic hydroxyl groups is 1. The number of aromatic carboxylic acids is 1. The molecule has 0 aliphatic heterocycles. The van der Waals surface area contributed by atoms with Crippen molar-refractivity contribution in [2.24, 2.45) is 0 Å². The van der Waals surface area contributed by atoms with E-state index in [1.807, 2.05) is 0 Å². The van der Waals surface area contributed by atoms with Crippen LogP contribution in [0.5, 0.6) is 5.75 Å². The van der Waals surface area contributed by atoms with Crippen LogP contribution in [-0.4, -0.2) is 30.4 Å². The smallest absolute Gasteiger partial charge is 0.337 e. The molecule has 0 saturated carbocycles. The van der Waals surface area contributed by atoms with Crippen molar-refractivity contribution in [1.82, 2.24) is 0 Å². The highest BCUT2D eigenvalue weighted by Gasteiger charge is 2.17. The molecule has 0 fully saturated rings. The fraction of sp³-hybridized carbons (Fsp3) is 0.381. The number of phenolic OH excluding ortho intramolecular Hbond substituents is 1. The molecule has 0 saturated heterocycles. The van der Waals surface area contributed by atoms with E-state index in [2.05, 4.69) is 11.6 Å². The number of carboxylic acid groups (broad SMARTS) is 1. The quantitative estimate of drug-likeness (QED) is 0.463. The summed E-state index contributed by atoms with van der Waals surface area (Å²) in [6.07, 6.45) is 5.76. The highest BCUT2D eigenvalue weighted by molar-refractivity contribution is 7.92. The number of carboxylic acids is 1. The first-order valence-corrected chi connectivity index (χ1v) is 11.1. The molecule has 6 nitrogen and oxygen atoms in total. The summed E-state index contributed by atoms with van der Waals surface area (Å²) in [6, 6.07) is 10.9. The second kappa shape index (κ2) is 10.1. The number of rotatable bonds is 11. The summed E-state index contributed by atoms with van der Waals surface area (Å²) in [5.41, 5.74) is 1.34. The molecule has 7 heteroatoms. The van der Waals surface area contributed by atoms with Gasteiger partial charge in [-0.15, -0.1) is 0 Å². The lowest BCUT2D eigenvalue weighted by atomic mass is 10.0. The molecule has 0 aliphatic rings. The van der Waals surface area contributed by atoms with Crippen LogP contribution in [0.25, 0.3) is 11.1 Å². The lowest BCUT2D eigenvalue weighted by Crippen LogP contribution is -2.18. The van der Waals surface area contributed by atoms with Crippen LogP contribution in [0, 0.1) is 0 Å². The van der Waals surface area contributed by atoms with E-state index in [0.717, 1.165) is 37.7 Å². The van der Waals surface area contributed by atoms with Crippen LogP contribution in [-0.2, 0) is 10.0 Å². The van der Waals surface area contributed by atoms with Crippen molar-refractivity contribution in [3.63, 3.8) is 0 Å². The van der Waals surface area contributed by atoms with Gasteiger partial charge in [0.25, 0.3) is 0 Å². The molecule has 0 bridgehead atoms. The van der Waals surface area contributed by atoms with Crippen LogP contribution in [0.15, 0.2) is 42.5 Å². The van der Waals surface area contributed by atoms with Crippen molar-refractivity contribution in [2.45, 2.75) is 45.4 Å². The van der Waals surface area contributed by atoms with Gasteiger partial charge >= 0.3 is 5.97 Å². The number of nitrogens with one attached hydrogen (secondary N) is 1. The van der Waals surface area contributed by atoms with E-state index in [1.165, 1.54) is 24.3 Å². The molecular weight excluding hydrogens is 378 g/mol. The molecule has 0 atom stereocenters. The number of benzene rings is 2. The van der Waals surface area contributed by atoms with Gasteiger partial charge in [-0.2, -0.15) is 0 Å². The number of unbranched alkanes of at least 4 members (excludes halogenated alkanes) is 5. The van der Waals surface area contributed by atoms with Crippen LogP contribution >= 0.6 is 0 Å². The Balaban J connectivity index is 2.14. The third kappa shape index (κ3) is 6.56. The zero-order valence-electron chi connectivity index (χ0n) is 16.0.